The highest BCUT2D eigenvalue weighted by Gasteiger charge is 2.38. The van der Waals surface area contributed by atoms with E-state index in [1.54, 1.807) is 0 Å². The zero-order valence-corrected chi connectivity index (χ0v) is 13.9. The normalized spacial score (nSPS) is 17.5. The smallest absolute Gasteiger partial charge is 0.394 e. The van der Waals surface area contributed by atoms with Gasteiger partial charge in [-0.1, -0.05) is 0 Å². The van der Waals surface area contributed by atoms with Gasteiger partial charge in [0.05, 0.1) is 6.61 Å². The van der Waals surface area contributed by atoms with Crippen LogP contribution in [-0.4, -0.2) is 88.3 Å². The number of rotatable bonds is 13. The van der Waals surface area contributed by atoms with Crippen LogP contribution in [0.15, 0.2) is 0 Å². The van der Waals surface area contributed by atoms with Gasteiger partial charge in [-0.25, -0.2) is 4.18 Å². The topological polar surface area (TPSA) is 188 Å². The highest BCUT2D eigenvalue weighted by atomic mass is 32.3. The van der Waals surface area contributed by atoms with Gasteiger partial charge in [0.25, 0.3) is 0 Å². The zero-order chi connectivity index (χ0) is 18.0. The number of ketones is 1. The Hall–Kier alpha value is -0.310. The van der Waals surface area contributed by atoms with Gasteiger partial charge in [-0.3, -0.25) is 9.35 Å². The third-order valence-electron chi connectivity index (χ3n) is 2.75. The molecule has 0 bridgehead atoms. The van der Waals surface area contributed by atoms with Gasteiger partial charge >= 0.3 is 10.4 Å². The second-order valence-electron chi connectivity index (χ2n) is 4.65. The Labute approximate surface area is 138 Å². The molecule has 0 aliphatic heterocycles. The van der Waals surface area contributed by atoms with E-state index in [-0.39, 0.29) is 6.42 Å². The van der Waals surface area contributed by atoms with E-state index in [2.05, 4.69) is 4.18 Å². The summed E-state index contributed by atoms with van der Waals surface area (Å²) in [6, 6.07) is 0. The number of Topliss-reactive ketones (excluding diaryl/α,β-unsaturated/α-hetero) is 1. The van der Waals surface area contributed by atoms with Crippen molar-refractivity contribution in [1.29, 1.82) is 0 Å². The van der Waals surface area contributed by atoms with Crippen LogP contribution in [0.2, 0.25) is 0 Å². The Morgan fingerprint density at radius 2 is 1.83 bits per heavy atom. The van der Waals surface area contributed by atoms with Crippen molar-refractivity contribution in [3.8, 4) is 0 Å². The molecule has 0 saturated carbocycles. The lowest BCUT2D eigenvalue weighted by molar-refractivity contribution is -0.146. The predicted octanol–water partition coefficient (Wildman–Crippen LogP) is -2.71. The highest BCUT2D eigenvalue weighted by molar-refractivity contribution is 7.99. The number of hydrogen-bond acceptors (Lipinski definition) is 10. The number of carbonyl (C=O) groups excluding carboxylic acids is 1. The molecule has 0 rings (SSSR count). The summed E-state index contributed by atoms with van der Waals surface area (Å²) in [5.74, 6) is 0.0825. The van der Waals surface area contributed by atoms with Crippen molar-refractivity contribution < 1.29 is 42.4 Å². The minimum Gasteiger partial charge on any atom is -0.394 e. The highest BCUT2D eigenvalue weighted by Crippen LogP contribution is 2.14. The van der Waals surface area contributed by atoms with E-state index in [9.17, 15) is 28.5 Å². The molecule has 12 heteroatoms. The van der Waals surface area contributed by atoms with E-state index < -0.39 is 47.2 Å². The first kappa shape index (κ1) is 22.7. The second-order valence-corrected chi connectivity index (χ2v) is 6.92. The second kappa shape index (κ2) is 11.3. The van der Waals surface area contributed by atoms with E-state index in [0.717, 1.165) is 0 Å². The van der Waals surface area contributed by atoms with E-state index in [1.165, 1.54) is 11.8 Å². The lowest BCUT2D eigenvalue weighted by atomic mass is 9.99. The van der Waals surface area contributed by atoms with E-state index in [0.29, 0.717) is 24.5 Å². The summed E-state index contributed by atoms with van der Waals surface area (Å²) in [4.78, 5) is 12.0. The van der Waals surface area contributed by atoms with E-state index in [1.807, 2.05) is 0 Å². The van der Waals surface area contributed by atoms with Crippen molar-refractivity contribution in [1.82, 2.24) is 0 Å². The zero-order valence-electron chi connectivity index (χ0n) is 12.3. The Bertz CT molecular complexity index is 445. The predicted molar refractivity (Wildman–Crippen MR) is 82.1 cm³/mol. The summed E-state index contributed by atoms with van der Waals surface area (Å²) in [6.07, 6.45) is -7.56. The maximum atomic E-state index is 12.0. The van der Waals surface area contributed by atoms with Crippen LogP contribution in [-0.2, 0) is 19.4 Å². The first-order chi connectivity index (χ1) is 10.6. The molecule has 0 aromatic carbocycles. The van der Waals surface area contributed by atoms with Crippen LogP contribution >= 0.6 is 11.8 Å². The van der Waals surface area contributed by atoms with Crippen LogP contribution in [0, 0.1) is 0 Å². The molecule has 0 fully saturated rings. The van der Waals surface area contributed by atoms with Gasteiger partial charge < -0.3 is 26.2 Å². The maximum absolute atomic E-state index is 12.0. The fraction of sp³-hybridized carbons (Fsp3) is 0.909. The van der Waals surface area contributed by atoms with Gasteiger partial charge in [-0.2, -0.15) is 20.2 Å². The SMILES string of the molecule is NCCSCCCC(O)C(=O)[C@@H](OS(=O)(=O)O)[C@@H](O)[C@H](O)CO. The molecule has 4 atom stereocenters. The van der Waals surface area contributed by atoms with Crippen LogP contribution < -0.4 is 5.73 Å². The Kier molecular flexibility index (Phi) is 11.1. The summed E-state index contributed by atoms with van der Waals surface area (Å²) < 4.78 is 34.2. The Morgan fingerprint density at radius 3 is 2.30 bits per heavy atom. The van der Waals surface area contributed by atoms with Crippen molar-refractivity contribution >= 4 is 27.9 Å². The number of carbonyl (C=O) groups is 1. The summed E-state index contributed by atoms with van der Waals surface area (Å²) in [5.41, 5.74) is 5.30. The molecule has 0 spiro atoms. The van der Waals surface area contributed by atoms with Gasteiger partial charge in [0.2, 0.25) is 0 Å². The molecule has 0 radical (unpaired) electrons. The summed E-state index contributed by atoms with van der Waals surface area (Å²) in [5, 5.41) is 37.4. The molecule has 0 heterocycles. The molecule has 0 aromatic rings. The average molecular weight is 377 g/mol. The fourth-order valence-electron chi connectivity index (χ4n) is 1.61. The van der Waals surface area contributed by atoms with Crippen LogP contribution in [0.25, 0.3) is 0 Å². The van der Waals surface area contributed by atoms with Crippen molar-refractivity contribution in [2.45, 2.75) is 37.3 Å². The van der Waals surface area contributed by atoms with Crippen molar-refractivity contribution in [2.24, 2.45) is 5.73 Å². The third-order valence-corrected chi connectivity index (χ3v) is 4.31. The lowest BCUT2D eigenvalue weighted by Crippen LogP contribution is -2.49. The van der Waals surface area contributed by atoms with Crippen LogP contribution in [0.5, 0.6) is 0 Å². The number of hydrogen-bond donors (Lipinski definition) is 6. The molecule has 10 nitrogen and oxygen atoms in total. The van der Waals surface area contributed by atoms with E-state index >= 15 is 0 Å². The first-order valence-corrected chi connectivity index (χ1v) is 9.28. The molecular formula is C11H23NO9S2. The van der Waals surface area contributed by atoms with Crippen molar-refractivity contribution in [3.05, 3.63) is 0 Å². The number of aliphatic hydroxyl groups is 4. The monoisotopic (exact) mass is 377 g/mol. The molecular weight excluding hydrogens is 354 g/mol. The van der Waals surface area contributed by atoms with Gasteiger partial charge in [0, 0.05) is 12.3 Å². The number of thioether (sulfide) groups is 1. The number of nitrogens with two attached hydrogens (primary N) is 1. The molecule has 138 valence electrons. The summed E-state index contributed by atoms with van der Waals surface area (Å²) in [7, 11) is -5.12. The molecule has 23 heavy (non-hydrogen) atoms. The van der Waals surface area contributed by atoms with Crippen LogP contribution in [0.1, 0.15) is 12.8 Å². The molecule has 0 aliphatic carbocycles. The van der Waals surface area contributed by atoms with Gasteiger partial charge in [0.15, 0.2) is 11.9 Å². The number of aliphatic hydroxyl groups excluding tert-OH is 4. The first-order valence-electron chi connectivity index (χ1n) is 6.76. The Balaban J connectivity index is 4.77. The van der Waals surface area contributed by atoms with Gasteiger partial charge in [-0.05, 0) is 18.6 Å². The van der Waals surface area contributed by atoms with Crippen LogP contribution in [0.4, 0.5) is 0 Å². The molecule has 0 aliphatic rings. The summed E-state index contributed by atoms with van der Waals surface area (Å²) >= 11 is 1.50. The average Bonchev–Trinajstić information content (AvgIpc) is 2.49. The molecule has 1 unspecified atom stereocenters. The largest absolute Gasteiger partial charge is 0.398 e. The standard InChI is InChI=1S/C11H23NO9S2/c12-3-5-22-4-1-2-7(14)9(16)11(21-23(18,19)20)10(17)8(15)6-13/h7-8,10-11,13-15,17H,1-6,12H2,(H,18,19,20)/t7?,8-,10+,11-/m1/s1. The lowest BCUT2D eigenvalue weighted by Gasteiger charge is -2.25. The van der Waals surface area contributed by atoms with Gasteiger partial charge in [0.1, 0.15) is 18.3 Å². The molecule has 0 amide bonds. The fourth-order valence-corrected chi connectivity index (χ4v) is 2.82. The molecule has 7 N–H and O–H groups in total. The third kappa shape index (κ3) is 9.54. The Morgan fingerprint density at radius 1 is 1.22 bits per heavy atom. The van der Waals surface area contributed by atoms with Gasteiger partial charge in [-0.15, -0.1) is 0 Å². The quantitative estimate of drug-likeness (QED) is 0.145. The minimum atomic E-state index is -5.12. The minimum absolute atomic E-state index is 0.0380. The van der Waals surface area contributed by atoms with Crippen molar-refractivity contribution in [3.63, 3.8) is 0 Å². The summed E-state index contributed by atoms with van der Waals surface area (Å²) in [6.45, 7) is -0.493. The molecule has 0 saturated heterocycles. The van der Waals surface area contributed by atoms with Crippen LogP contribution in [0.3, 0.4) is 0 Å². The van der Waals surface area contributed by atoms with Crippen molar-refractivity contribution in [2.75, 3.05) is 24.7 Å². The van der Waals surface area contributed by atoms with E-state index in [4.69, 9.17) is 15.4 Å². The molecule has 0 aromatic heterocycles. The maximum Gasteiger partial charge on any atom is 0.398 e.